The molecule has 0 aliphatic carbocycles. The van der Waals surface area contributed by atoms with Crippen LogP contribution in [0.3, 0.4) is 0 Å². The molecule has 0 saturated carbocycles. The molecule has 0 saturated heterocycles. The fourth-order valence-corrected chi connectivity index (χ4v) is 1.55. The number of hydrogen-bond donors (Lipinski definition) is 0. The van der Waals surface area contributed by atoms with Crippen LogP contribution in [0.5, 0.6) is 0 Å². The molecule has 0 aliphatic heterocycles. The third-order valence-corrected chi connectivity index (χ3v) is 2.59. The van der Waals surface area contributed by atoms with Gasteiger partial charge in [0.05, 0.1) is 9.99 Å². The standard InChI is InChI=1S/C8H5BrFNO2/c1-11-5-3-2-4(10)6(9)7(5)13-8(11)12/h2-3H,1H3. The topological polar surface area (TPSA) is 35.1 Å². The summed E-state index contributed by atoms with van der Waals surface area (Å²) in [4.78, 5) is 11.1. The van der Waals surface area contributed by atoms with Gasteiger partial charge in [0.2, 0.25) is 0 Å². The van der Waals surface area contributed by atoms with Gasteiger partial charge in [-0.3, -0.25) is 4.57 Å². The van der Waals surface area contributed by atoms with Crippen LogP contribution in [0.15, 0.2) is 25.8 Å². The van der Waals surface area contributed by atoms with Crippen molar-refractivity contribution in [3.05, 3.63) is 33.0 Å². The summed E-state index contributed by atoms with van der Waals surface area (Å²) in [6.07, 6.45) is 0. The van der Waals surface area contributed by atoms with Crippen molar-refractivity contribution in [3.63, 3.8) is 0 Å². The van der Waals surface area contributed by atoms with Gasteiger partial charge in [-0.05, 0) is 28.1 Å². The fraction of sp³-hybridized carbons (Fsp3) is 0.125. The van der Waals surface area contributed by atoms with Crippen LogP contribution in [0.1, 0.15) is 0 Å². The molecule has 0 amide bonds. The lowest BCUT2D eigenvalue weighted by Crippen LogP contribution is -2.08. The van der Waals surface area contributed by atoms with Crippen LogP contribution in [-0.2, 0) is 7.05 Å². The average Bonchev–Trinajstić information content (AvgIpc) is 2.38. The van der Waals surface area contributed by atoms with Gasteiger partial charge in [-0.2, -0.15) is 0 Å². The van der Waals surface area contributed by atoms with Crippen molar-refractivity contribution in [1.29, 1.82) is 0 Å². The van der Waals surface area contributed by atoms with Crippen molar-refractivity contribution in [2.75, 3.05) is 0 Å². The van der Waals surface area contributed by atoms with Crippen LogP contribution in [-0.4, -0.2) is 4.57 Å². The summed E-state index contributed by atoms with van der Waals surface area (Å²) in [7, 11) is 1.57. The third kappa shape index (κ3) is 1.11. The maximum Gasteiger partial charge on any atom is 0.419 e. The van der Waals surface area contributed by atoms with E-state index in [1.54, 1.807) is 7.05 Å². The van der Waals surface area contributed by atoms with Gasteiger partial charge >= 0.3 is 5.76 Å². The number of halogens is 2. The lowest BCUT2D eigenvalue weighted by atomic mass is 10.3. The van der Waals surface area contributed by atoms with Gasteiger partial charge in [-0.15, -0.1) is 0 Å². The Morgan fingerprint density at radius 1 is 1.54 bits per heavy atom. The van der Waals surface area contributed by atoms with Gasteiger partial charge in [-0.1, -0.05) is 0 Å². The number of oxazole rings is 1. The molecule has 0 bridgehead atoms. The molecule has 0 spiro atoms. The first-order chi connectivity index (χ1) is 6.11. The van der Waals surface area contributed by atoms with Crippen molar-refractivity contribution in [3.8, 4) is 0 Å². The Balaban J connectivity index is 3.03. The van der Waals surface area contributed by atoms with Crippen LogP contribution in [0.4, 0.5) is 4.39 Å². The van der Waals surface area contributed by atoms with Crippen LogP contribution in [0, 0.1) is 5.82 Å². The highest BCUT2D eigenvalue weighted by Crippen LogP contribution is 2.25. The highest BCUT2D eigenvalue weighted by Gasteiger charge is 2.11. The van der Waals surface area contributed by atoms with E-state index in [1.807, 2.05) is 0 Å². The Bertz CT molecular complexity index is 529. The SMILES string of the molecule is Cn1c(=O)oc2c(Br)c(F)ccc21. The first-order valence-electron chi connectivity index (χ1n) is 3.55. The normalized spacial score (nSPS) is 11.0. The summed E-state index contributed by atoms with van der Waals surface area (Å²) in [6, 6.07) is 2.78. The number of hydrogen-bond acceptors (Lipinski definition) is 2. The minimum atomic E-state index is -0.499. The monoisotopic (exact) mass is 245 g/mol. The van der Waals surface area contributed by atoms with Gasteiger partial charge < -0.3 is 4.42 Å². The number of fused-ring (bicyclic) bond motifs is 1. The molecule has 0 N–H and O–H groups in total. The molecule has 0 aliphatic rings. The second-order valence-corrected chi connectivity index (χ2v) is 3.43. The molecular formula is C8H5BrFNO2. The van der Waals surface area contributed by atoms with Crippen molar-refractivity contribution in [2.24, 2.45) is 7.05 Å². The second-order valence-electron chi connectivity index (χ2n) is 2.64. The molecule has 0 atom stereocenters. The molecule has 1 aromatic heterocycles. The number of rotatable bonds is 0. The maximum atomic E-state index is 13.0. The highest BCUT2D eigenvalue weighted by molar-refractivity contribution is 9.10. The van der Waals surface area contributed by atoms with Gasteiger partial charge in [0.25, 0.3) is 0 Å². The lowest BCUT2D eigenvalue weighted by Gasteiger charge is -1.94. The van der Waals surface area contributed by atoms with Gasteiger partial charge in [0.1, 0.15) is 5.82 Å². The van der Waals surface area contributed by atoms with Crippen LogP contribution in [0.2, 0.25) is 0 Å². The highest BCUT2D eigenvalue weighted by atomic mass is 79.9. The predicted molar refractivity (Wildman–Crippen MR) is 49.1 cm³/mol. The van der Waals surface area contributed by atoms with Crippen molar-refractivity contribution in [1.82, 2.24) is 4.57 Å². The Kier molecular flexibility index (Phi) is 1.76. The fourth-order valence-electron chi connectivity index (χ4n) is 1.14. The van der Waals surface area contributed by atoms with Crippen molar-refractivity contribution < 1.29 is 8.81 Å². The first kappa shape index (κ1) is 8.50. The van der Waals surface area contributed by atoms with E-state index in [9.17, 15) is 9.18 Å². The quantitative estimate of drug-likeness (QED) is 0.712. The molecule has 68 valence electrons. The first-order valence-corrected chi connectivity index (χ1v) is 4.34. The summed E-state index contributed by atoms with van der Waals surface area (Å²) in [5.41, 5.74) is 0.811. The van der Waals surface area contributed by atoms with E-state index >= 15 is 0 Å². The zero-order chi connectivity index (χ0) is 9.59. The number of aryl methyl sites for hydroxylation is 1. The molecule has 0 fully saturated rings. The van der Waals surface area contributed by atoms with Gasteiger partial charge in [-0.25, -0.2) is 9.18 Å². The van der Waals surface area contributed by atoms with E-state index in [-0.39, 0.29) is 10.1 Å². The molecule has 2 aromatic rings. The summed E-state index contributed by atoms with van der Waals surface area (Å²) >= 11 is 3.01. The third-order valence-electron chi connectivity index (χ3n) is 1.85. The average molecular weight is 246 g/mol. The van der Waals surface area contributed by atoms with Gasteiger partial charge in [0.15, 0.2) is 5.58 Å². The van der Waals surface area contributed by atoms with E-state index in [0.717, 1.165) is 0 Å². The van der Waals surface area contributed by atoms with E-state index < -0.39 is 11.6 Å². The Hall–Kier alpha value is -1.10. The number of benzene rings is 1. The van der Waals surface area contributed by atoms with Crippen LogP contribution >= 0.6 is 15.9 Å². The zero-order valence-corrected chi connectivity index (χ0v) is 8.26. The Labute approximate surface area is 80.9 Å². The van der Waals surface area contributed by atoms with E-state index in [4.69, 9.17) is 4.42 Å². The molecular weight excluding hydrogens is 241 g/mol. The van der Waals surface area contributed by atoms with Crippen LogP contribution in [0.25, 0.3) is 11.1 Å². The lowest BCUT2D eigenvalue weighted by molar-refractivity contribution is 0.523. The van der Waals surface area contributed by atoms with Crippen molar-refractivity contribution >= 4 is 27.0 Å². The molecule has 3 nitrogen and oxygen atoms in total. The largest absolute Gasteiger partial charge is 0.419 e. The van der Waals surface area contributed by atoms with Crippen LogP contribution < -0.4 is 5.76 Å². The molecule has 1 heterocycles. The molecule has 13 heavy (non-hydrogen) atoms. The molecule has 2 rings (SSSR count). The number of nitrogens with zero attached hydrogens (tertiary/aromatic N) is 1. The molecule has 5 heteroatoms. The van der Waals surface area contributed by atoms with E-state index in [1.165, 1.54) is 16.7 Å². The summed E-state index contributed by atoms with van der Waals surface area (Å²) in [6.45, 7) is 0. The number of aromatic nitrogens is 1. The minimum absolute atomic E-state index is 0.183. The van der Waals surface area contributed by atoms with E-state index in [2.05, 4.69) is 15.9 Å². The van der Waals surface area contributed by atoms with Gasteiger partial charge in [0, 0.05) is 7.05 Å². The predicted octanol–water partition coefficient (Wildman–Crippen LogP) is 2.03. The smallest absolute Gasteiger partial charge is 0.406 e. The minimum Gasteiger partial charge on any atom is -0.406 e. The molecule has 0 radical (unpaired) electrons. The zero-order valence-electron chi connectivity index (χ0n) is 6.67. The van der Waals surface area contributed by atoms with Crippen molar-refractivity contribution in [2.45, 2.75) is 0 Å². The Morgan fingerprint density at radius 2 is 2.23 bits per heavy atom. The second kappa shape index (κ2) is 2.70. The summed E-state index contributed by atoms with van der Waals surface area (Å²) in [5, 5.41) is 0. The molecule has 0 unspecified atom stereocenters. The molecule has 1 aromatic carbocycles. The summed E-state index contributed by atoms with van der Waals surface area (Å²) < 4.78 is 19.3. The van der Waals surface area contributed by atoms with E-state index in [0.29, 0.717) is 5.52 Å². The summed E-state index contributed by atoms with van der Waals surface area (Å²) in [5.74, 6) is -0.942. The Morgan fingerprint density at radius 3 is 2.92 bits per heavy atom. The maximum absolute atomic E-state index is 13.0.